The lowest BCUT2D eigenvalue weighted by Gasteiger charge is -2.01. The van der Waals surface area contributed by atoms with E-state index >= 15 is 0 Å². The largest absolute Gasteiger partial charge is 0.329 e. The Labute approximate surface area is 112 Å². The van der Waals surface area contributed by atoms with Gasteiger partial charge in [-0.05, 0) is 26.0 Å². The summed E-state index contributed by atoms with van der Waals surface area (Å²) in [6.07, 6.45) is 0. The highest BCUT2D eigenvalue weighted by atomic mass is 16.2. The quantitative estimate of drug-likeness (QED) is 0.707. The fourth-order valence-corrected chi connectivity index (χ4v) is 2.60. The molecule has 20 heavy (non-hydrogen) atoms. The van der Waals surface area contributed by atoms with Crippen LogP contribution in [0.4, 0.5) is 0 Å². The van der Waals surface area contributed by atoms with E-state index in [1.807, 2.05) is 13.8 Å². The predicted octanol–water partition coefficient (Wildman–Crippen LogP) is 0.373. The van der Waals surface area contributed by atoms with Crippen LogP contribution in [0.2, 0.25) is 0 Å². The van der Waals surface area contributed by atoms with Gasteiger partial charge in [-0.15, -0.1) is 0 Å². The number of rotatable bonds is 2. The van der Waals surface area contributed by atoms with E-state index in [1.54, 1.807) is 21.3 Å². The monoisotopic (exact) mass is 274 g/mol. The minimum atomic E-state index is -0.374. The number of aromatic nitrogens is 4. The van der Waals surface area contributed by atoms with Gasteiger partial charge < -0.3 is 0 Å². The Balaban J connectivity index is 2.65. The third-order valence-corrected chi connectivity index (χ3v) is 3.57. The third kappa shape index (κ3) is 1.49. The van der Waals surface area contributed by atoms with Crippen molar-refractivity contribution in [3.05, 3.63) is 43.3 Å². The van der Waals surface area contributed by atoms with E-state index in [0.29, 0.717) is 24.1 Å². The van der Waals surface area contributed by atoms with E-state index in [4.69, 9.17) is 0 Å². The molecule has 0 atom stereocenters. The fraction of sp³-hybridized carbons (Fsp3) is 0.308. The van der Waals surface area contributed by atoms with Crippen molar-refractivity contribution in [1.82, 2.24) is 19.3 Å². The van der Waals surface area contributed by atoms with Crippen molar-refractivity contribution in [2.24, 2.45) is 0 Å². The molecule has 0 saturated carbocycles. The summed E-state index contributed by atoms with van der Waals surface area (Å²) in [5.41, 5.74) is 0.459. The number of aromatic amines is 2. The number of fused-ring (bicyclic) bond motifs is 2. The molecule has 0 aliphatic rings. The Morgan fingerprint density at radius 1 is 0.850 bits per heavy atom. The molecule has 0 aliphatic heterocycles. The molecule has 0 aliphatic carbocycles. The second-order valence-corrected chi connectivity index (χ2v) is 4.57. The molecule has 0 amide bonds. The van der Waals surface area contributed by atoms with E-state index in [9.17, 15) is 14.4 Å². The summed E-state index contributed by atoms with van der Waals surface area (Å²) in [4.78, 5) is 35.9. The highest BCUT2D eigenvalue weighted by Gasteiger charge is 2.14. The average molecular weight is 274 g/mol. The van der Waals surface area contributed by atoms with Crippen molar-refractivity contribution in [2.75, 3.05) is 0 Å². The first-order chi connectivity index (χ1) is 9.58. The number of nitrogens with zero attached hydrogens (tertiary/aromatic N) is 2. The van der Waals surface area contributed by atoms with Crippen molar-refractivity contribution in [3.8, 4) is 0 Å². The Bertz CT molecular complexity index is 909. The number of hydrogen-bond donors (Lipinski definition) is 2. The van der Waals surface area contributed by atoms with Gasteiger partial charge in [0.05, 0.1) is 21.8 Å². The summed E-state index contributed by atoms with van der Waals surface area (Å²) in [6, 6.07) is 3.21. The van der Waals surface area contributed by atoms with Crippen molar-refractivity contribution >= 4 is 21.8 Å². The molecule has 0 spiro atoms. The van der Waals surface area contributed by atoms with Gasteiger partial charge in [0.2, 0.25) is 0 Å². The van der Waals surface area contributed by atoms with Gasteiger partial charge in [-0.25, -0.2) is 4.79 Å². The van der Waals surface area contributed by atoms with Crippen molar-refractivity contribution in [2.45, 2.75) is 26.9 Å². The van der Waals surface area contributed by atoms with Crippen LogP contribution in [0.3, 0.4) is 0 Å². The second kappa shape index (κ2) is 4.22. The molecule has 0 unspecified atom stereocenters. The molecule has 7 heteroatoms. The van der Waals surface area contributed by atoms with Gasteiger partial charge in [0.25, 0.3) is 11.1 Å². The van der Waals surface area contributed by atoms with Crippen LogP contribution in [0, 0.1) is 0 Å². The lowest BCUT2D eigenvalue weighted by Crippen LogP contribution is -2.23. The van der Waals surface area contributed by atoms with Gasteiger partial charge in [0.15, 0.2) is 0 Å². The Hall–Kier alpha value is -2.57. The van der Waals surface area contributed by atoms with Crippen LogP contribution in [0.5, 0.6) is 0 Å². The van der Waals surface area contributed by atoms with Crippen LogP contribution in [-0.2, 0) is 13.1 Å². The summed E-state index contributed by atoms with van der Waals surface area (Å²) in [5.74, 6) is 0. The summed E-state index contributed by atoms with van der Waals surface area (Å²) < 4.78 is 3.19. The zero-order valence-electron chi connectivity index (χ0n) is 11.2. The number of benzene rings is 1. The maximum atomic E-state index is 12.3. The van der Waals surface area contributed by atoms with E-state index in [0.717, 1.165) is 0 Å². The molecule has 3 aromatic rings. The van der Waals surface area contributed by atoms with Crippen molar-refractivity contribution in [3.63, 3.8) is 0 Å². The standard InChI is InChI=1S/C13H14N4O3/c1-3-16-9-5-7-8(12(19)15-14-11(7)18)6-10(9)17(4-2)13(16)20/h5-6H,3-4H2,1-2H3,(H,14,18)(H,15,19). The SMILES string of the molecule is CCn1c(=O)n(CC)c2cc3c(=O)[nH][nH]c(=O)c3cc21. The van der Waals surface area contributed by atoms with Crippen LogP contribution in [0.25, 0.3) is 21.8 Å². The van der Waals surface area contributed by atoms with Crippen LogP contribution >= 0.6 is 0 Å². The van der Waals surface area contributed by atoms with Crippen LogP contribution in [0.1, 0.15) is 13.8 Å². The highest BCUT2D eigenvalue weighted by Crippen LogP contribution is 2.18. The molecule has 0 saturated heterocycles. The maximum absolute atomic E-state index is 12.3. The molecule has 1 aromatic carbocycles. The Morgan fingerprint density at radius 3 is 1.60 bits per heavy atom. The molecule has 2 N–H and O–H groups in total. The van der Waals surface area contributed by atoms with E-state index in [1.165, 1.54) is 0 Å². The first-order valence-corrected chi connectivity index (χ1v) is 6.46. The molecule has 0 radical (unpaired) electrons. The van der Waals surface area contributed by atoms with Crippen molar-refractivity contribution < 1.29 is 0 Å². The topological polar surface area (TPSA) is 92.7 Å². The van der Waals surface area contributed by atoms with Gasteiger partial charge in [-0.1, -0.05) is 0 Å². The van der Waals surface area contributed by atoms with E-state index < -0.39 is 0 Å². The molecular formula is C13H14N4O3. The number of nitrogens with one attached hydrogen (secondary N) is 2. The molecule has 0 bridgehead atoms. The molecule has 2 heterocycles. The molecule has 0 fully saturated rings. The normalized spacial score (nSPS) is 11.5. The average Bonchev–Trinajstić information content (AvgIpc) is 2.71. The molecule has 3 rings (SSSR count). The summed E-state index contributed by atoms with van der Waals surface area (Å²) in [5, 5.41) is 5.16. The number of aryl methyl sites for hydroxylation is 2. The maximum Gasteiger partial charge on any atom is 0.329 e. The molecule has 7 nitrogen and oxygen atoms in total. The highest BCUT2D eigenvalue weighted by molar-refractivity contribution is 5.94. The predicted molar refractivity (Wildman–Crippen MR) is 76.3 cm³/mol. The van der Waals surface area contributed by atoms with Crippen LogP contribution < -0.4 is 16.8 Å². The van der Waals surface area contributed by atoms with Gasteiger partial charge >= 0.3 is 5.69 Å². The summed E-state index contributed by atoms with van der Waals surface area (Å²) in [7, 11) is 0. The summed E-state index contributed by atoms with van der Waals surface area (Å²) >= 11 is 0. The Kier molecular flexibility index (Phi) is 2.63. The minimum absolute atomic E-state index is 0.131. The summed E-state index contributed by atoms with van der Waals surface area (Å²) in [6.45, 7) is 4.75. The second-order valence-electron chi connectivity index (χ2n) is 4.57. The Morgan fingerprint density at radius 2 is 1.25 bits per heavy atom. The smallest absolute Gasteiger partial charge is 0.292 e. The number of H-pyrrole nitrogens is 2. The van der Waals surface area contributed by atoms with Gasteiger partial charge in [-0.2, -0.15) is 0 Å². The number of hydrogen-bond acceptors (Lipinski definition) is 3. The zero-order chi connectivity index (χ0) is 14.4. The first kappa shape index (κ1) is 12.5. The molecule has 2 aromatic heterocycles. The zero-order valence-corrected chi connectivity index (χ0v) is 11.2. The lowest BCUT2D eigenvalue weighted by molar-refractivity contribution is 0.671. The van der Waals surface area contributed by atoms with Crippen LogP contribution in [-0.4, -0.2) is 19.3 Å². The van der Waals surface area contributed by atoms with E-state index in [-0.39, 0.29) is 27.6 Å². The van der Waals surface area contributed by atoms with E-state index in [2.05, 4.69) is 10.2 Å². The molecule has 104 valence electrons. The van der Waals surface area contributed by atoms with Crippen molar-refractivity contribution in [1.29, 1.82) is 0 Å². The lowest BCUT2D eigenvalue weighted by atomic mass is 10.1. The van der Waals surface area contributed by atoms with Gasteiger partial charge in [0, 0.05) is 13.1 Å². The van der Waals surface area contributed by atoms with Crippen LogP contribution in [0.15, 0.2) is 26.5 Å². The fourth-order valence-electron chi connectivity index (χ4n) is 2.60. The minimum Gasteiger partial charge on any atom is -0.292 e. The third-order valence-electron chi connectivity index (χ3n) is 3.57. The van der Waals surface area contributed by atoms with Gasteiger partial charge in [0.1, 0.15) is 0 Å². The van der Waals surface area contributed by atoms with Gasteiger partial charge in [-0.3, -0.25) is 28.9 Å². The number of imidazole rings is 1. The molecular weight excluding hydrogens is 260 g/mol. The first-order valence-electron chi connectivity index (χ1n) is 6.46.